The highest BCUT2D eigenvalue weighted by Crippen LogP contribution is 2.46. The number of rotatable bonds is 4. The molecule has 4 heteroatoms. The fraction of sp³-hybridized carbons (Fsp3) is 0.154. The molecule has 3 heterocycles. The number of furan rings is 1. The van der Waals surface area contributed by atoms with Gasteiger partial charge < -0.3 is 14.3 Å². The molecule has 0 aliphatic carbocycles. The van der Waals surface area contributed by atoms with Crippen molar-refractivity contribution in [2.75, 3.05) is 11.4 Å². The lowest BCUT2D eigenvalue weighted by atomic mass is 10.0. The maximum absolute atomic E-state index is 5.81. The van der Waals surface area contributed by atoms with E-state index in [-0.39, 0.29) is 5.37 Å². The van der Waals surface area contributed by atoms with Crippen LogP contribution in [0.1, 0.15) is 16.7 Å². The average Bonchev–Trinajstić information content (AvgIpc) is 3.53. The van der Waals surface area contributed by atoms with Gasteiger partial charge in [0.25, 0.3) is 0 Å². The van der Waals surface area contributed by atoms with E-state index in [2.05, 4.69) is 88.7 Å². The second kappa shape index (κ2) is 7.29. The van der Waals surface area contributed by atoms with E-state index in [1.807, 2.05) is 17.8 Å². The van der Waals surface area contributed by atoms with Crippen LogP contribution < -0.4 is 4.90 Å². The molecule has 2 unspecified atom stereocenters. The second-order valence-corrected chi connectivity index (χ2v) is 9.21. The molecule has 3 aromatic carbocycles. The van der Waals surface area contributed by atoms with Gasteiger partial charge in [0.2, 0.25) is 0 Å². The molecule has 1 aliphatic rings. The maximum Gasteiger partial charge on any atom is 0.136 e. The van der Waals surface area contributed by atoms with Gasteiger partial charge in [-0.05, 0) is 42.3 Å². The van der Waals surface area contributed by atoms with Crippen molar-refractivity contribution in [3.05, 3.63) is 103 Å². The maximum atomic E-state index is 5.81. The van der Waals surface area contributed by atoms with Gasteiger partial charge in [0.1, 0.15) is 11.1 Å². The van der Waals surface area contributed by atoms with E-state index < -0.39 is 0 Å². The van der Waals surface area contributed by atoms with Crippen molar-refractivity contribution in [1.82, 2.24) is 4.98 Å². The predicted octanol–water partition coefficient (Wildman–Crippen LogP) is 6.78. The number of H-pyrrole nitrogens is 1. The molecular formula is C26H22N2OS. The third kappa shape index (κ3) is 2.99. The van der Waals surface area contributed by atoms with Crippen LogP contribution in [0.5, 0.6) is 0 Å². The van der Waals surface area contributed by atoms with E-state index in [0.717, 1.165) is 18.7 Å². The van der Waals surface area contributed by atoms with Crippen LogP contribution in [0.2, 0.25) is 0 Å². The van der Waals surface area contributed by atoms with Crippen LogP contribution >= 0.6 is 11.8 Å². The Hall–Kier alpha value is -3.11. The van der Waals surface area contributed by atoms with Crippen molar-refractivity contribution in [3.8, 4) is 0 Å². The van der Waals surface area contributed by atoms with Crippen LogP contribution in [-0.2, 0) is 6.42 Å². The first-order chi connectivity index (χ1) is 14.9. The molecule has 1 aliphatic heterocycles. The molecule has 30 heavy (non-hydrogen) atoms. The van der Waals surface area contributed by atoms with Crippen LogP contribution in [0, 0.1) is 0 Å². The number of thioether (sulfide) groups is 1. The van der Waals surface area contributed by atoms with Crippen molar-refractivity contribution in [1.29, 1.82) is 0 Å². The van der Waals surface area contributed by atoms with Crippen molar-refractivity contribution in [2.45, 2.75) is 17.0 Å². The van der Waals surface area contributed by atoms with Gasteiger partial charge in [0.05, 0.1) is 6.26 Å². The lowest BCUT2D eigenvalue weighted by Gasteiger charge is -2.24. The van der Waals surface area contributed by atoms with Crippen molar-refractivity contribution in [3.63, 3.8) is 0 Å². The lowest BCUT2D eigenvalue weighted by molar-refractivity contribution is 0.503. The van der Waals surface area contributed by atoms with Gasteiger partial charge >= 0.3 is 0 Å². The molecule has 0 spiro atoms. The molecule has 3 nitrogen and oxygen atoms in total. The van der Waals surface area contributed by atoms with Crippen LogP contribution in [0.3, 0.4) is 0 Å². The summed E-state index contributed by atoms with van der Waals surface area (Å²) in [5.74, 6) is 1.02. The summed E-state index contributed by atoms with van der Waals surface area (Å²) in [5, 5.41) is 3.30. The zero-order valence-electron chi connectivity index (χ0n) is 16.5. The number of hydrogen-bond acceptors (Lipinski definition) is 3. The van der Waals surface area contributed by atoms with Crippen molar-refractivity contribution in [2.24, 2.45) is 0 Å². The highest BCUT2D eigenvalue weighted by molar-refractivity contribution is 8.00. The molecule has 0 saturated carbocycles. The largest absolute Gasteiger partial charge is 0.466 e. The number of aromatic nitrogens is 1. The molecule has 0 bridgehead atoms. The first kappa shape index (κ1) is 17.7. The topological polar surface area (TPSA) is 32.2 Å². The molecule has 148 valence electrons. The summed E-state index contributed by atoms with van der Waals surface area (Å²) < 4.78 is 5.81. The van der Waals surface area contributed by atoms with Gasteiger partial charge in [0.15, 0.2) is 0 Å². The molecule has 1 saturated heterocycles. The summed E-state index contributed by atoms with van der Waals surface area (Å²) in [6, 6.07) is 30.0. The minimum absolute atomic E-state index is 0.203. The summed E-state index contributed by atoms with van der Waals surface area (Å²) in [6.45, 7) is 0.997. The molecule has 2 aromatic heterocycles. The summed E-state index contributed by atoms with van der Waals surface area (Å²) >= 11 is 2.00. The fourth-order valence-electron chi connectivity index (χ4n) is 4.59. The molecular weight excluding hydrogens is 388 g/mol. The zero-order valence-corrected chi connectivity index (χ0v) is 17.3. The summed E-state index contributed by atoms with van der Waals surface area (Å²) in [4.78, 5) is 6.13. The van der Waals surface area contributed by atoms with E-state index in [1.54, 1.807) is 6.26 Å². The third-order valence-corrected chi connectivity index (χ3v) is 7.40. The smallest absolute Gasteiger partial charge is 0.136 e. The number of hydrogen-bond donors (Lipinski definition) is 1. The number of anilines is 1. The molecule has 0 amide bonds. The number of nitrogens with zero attached hydrogens (tertiary/aromatic N) is 1. The van der Waals surface area contributed by atoms with E-state index in [9.17, 15) is 0 Å². The van der Waals surface area contributed by atoms with Crippen LogP contribution in [0.15, 0.2) is 95.6 Å². The summed E-state index contributed by atoms with van der Waals surface area (Å²) in [6.07, 6.45) is 2.80. The van der Waals surface area contributed by atoms with Gasteiger partial charge in [-0.15, -0.1) is 11.8 Å². The number of para-hydroxylation sites is 3. The standard InChI is InChI=1S/C26H22N2OS/c1-2-9-19(10-3-1)28-17-20(30-26(28)24-14-7-15-29-24)16-18-8-6-12-22-21-11-4-5-13-23(21)27-25(18)22/h1-15,20,26-27H,16-17H2. The van der Waals surface area contributed by atoms with E-state index in [4.69, 9.17) is 4.42 Å². The number of aromatic amines is 1. The Labute approximate surface area is 179 Å². The molecule has 0 radical (unpaired) electrons. The SMILES string of the molecule is c1ccc(N2CC(Cc3cccc4c3[nH]c3ccccc34)SC2c2ccco2)cc1. The van der Waals surface area contributed by atoms with Crippen LogP contribution in [-0.4, -0.2) is 16.8 Å². The Bertz CT molecular complexity index is 1290. The predicted molar refractivity (Wildman–Crippen MR) is 126 cm³/mol. The van der Waals surface area contributed by atoms with Crippen molar-refractivity contribution >= 4 is 39.3 Å². The van der Waals surface area contributed by atoms with Gasteiger partial charge in [0, 0.05) is 39.3 Å². The monoisotopic (exact) mass is 410 g/mol. The van der Waals surface area contributed by atoms with Gasteiger partial charge in [-0.3, -0.25) is 0 Å². The first-order valence-corrected chi connectivity index (χ1v) is 11.3. The molecule has 1 N–H and O–H groups in total. The lowest BCUT2D eigenvalue weighted by Crippen LogP contribution is -2.24. The Morgan fingerprint density at radius 1 is 0.867 bits per heavy atom. The Balaban J connectivity index is 1.35. The fourth-order valence-corrected chi connectivity index (χ4v) is 6.10. The van der Waals surface area contributed by atoms with Gasteiger partial charge in [-0.25, -0.2) is 0 Å². The van der Waals surface area contributed by atoms with Crippen molar-refractivity contribution < 1.29 is 4.42 Å². The quantitative estimate of drug-likeness (QED) is 0.354. The Morgan fingerprint density at radius 3 is 2.57 bits per heavy atom. The second-order valence-electron chi connectivity index (χ2n) is 7.83. The normalized spacial score (nSPS) is 19.1. The highest BCUT2D eigenvalue weighted by Gasteiger charge is 2.35. The Kier molecular flexibility index (Phi) is 4.31. The molecule has 1 fully saturated rings. The van der Waals surface area contributed by atoms with Crippen LogP contribution in [0.4, 0.5) is 5.69 Å². The molecule has 6 rings (SSSR count). The Morgan fingerprint density at radius 2 is 1.70 bits per heavy atom. The third-order valence-electron chi connectivity index (χ3n) is 5.95. The molecule has 2 atom stereocenters. The number of fused-ring (bicyclic) bond motifs is 3. The minimum Gasteiger partial charge on any atom is -0.466 e. The van der Waals surface area contributed by atoms with Gasteiger partial charge in [-0.2, -0.15) is 0 Å². The van der Waals surface area contributed by atoms with E-state index >= 15 is 0 Å². The summed E-state index contributed by atoms with van der Waals surface area (Å²) in [5.41, 5.74) is 5.11. The van der Waals surface area contributed by atoms with E-state index in [1.165, 1.54) is 33.1 Å². The molecule has 5 aromatic rings. The minimum atomic E-state index is 0.203. The van der Waals surface area contributed by atoms with Crippen LogP contribution in [0.25, 0.3) is 21.8 Å². The van der Waals surface area contributed by atoms with Gasteiger partial charge in [-0.1, -0.05) is 54.6 Å². The zero-order chi connectivity index (χ0) is 19.9. The first-order valence-electron chi connectivity index (χ1n) is 10.4. The number of benzene rings is 3. The van der Waals surface area contributed by atoms with E-state index in [0.29, 0.717) is 5.25 Å². The summed E-state index contributed by atoms with van der Waals surface area (Å²) in [7, 11) is 0. The number of nitrogens with one attached hydrogen (secondary N) is 1. The highest BCUT2D eigenvalue weighted by atomic mass is 32.2. The average molecular weight is 411 g/mol.